The minimum atomic E-state index is -1.04. The average Bonchev–Trinajstić information content (AvgIpc) is 3.32. The summed E-state index contributed by atoms with van der Waals surface area (Å²) in [4.78, 5) is 41.8. The third kappa shape index (κ3) is 2.63. The molecule has 1 aromatic heterocycles. The molecule has 0 bridgehead atoms. The number of hydrogen-bond acceptors (Lipinski definition) is 8. The predicted molar refractivity (Wildman–Crippen MR) is 95.0 cm³/mol. The van der Waals surface area contributed by atoms with Gasteiger partial charge in [-0.25, -0.2) is 9.78 Å². The summed E-state index contributed by atoms with van der Waals surface area (Å²) in [6, 6.07) is -1.61. The molecule has 4 rings (SSSR count). The first-order valence-corrected chi connectivity index (χ1v) is 9.62. The Morgan fingerprint density at radius 2 is 2.27 bits per heavy atom. The summed E-state index contributed by atoms with van der Waals surface area (Å²) in [6.07, 6.45) is 3.43. The van der Waals surface area contributed by atoms with Crippen molar-refractivity contribution in [3.8, 4) is 0 Å². The predicted octanol–water partition coefficient (Wildman–Crippen LogP) is -0.124. The van der Waals surface area contributed by atoms with Crippen molar-refractivity contribution in [3.63, 3.8) is 0 Å². The SMILES string of the molecule is Nc1nc(C(C(=O)NC2C(=O)N3C(C(=O)O)CS[C@@H]23)=C2C=CCO2)cs1. The van der Waals surface area contributed by atoms with Crippen molar-refractivity contribution in [2.24, 2.45) is 0 Å². The number of nitrogens with two attached hydrogens (primary N) is 1. The number of rotatable bonds is 4. The van der Waals surface area contributed by atoms with Crippen molar-refractivity contribution < 1.29 is 24.2 Å². The number of nitrogen functional groups attached to an aromatic ring is 1. The van der Waals surface area contributed by atoms with Crippen molar-refractivity contribution in [2.75, 3.05) is 18.1 Å². The first kappa shape index (κ1) is 16.9. The highest BCUT2D eigenvalue weighted by molar-refractivity contribution is 8.00. The first-order chi connectivity index (χ1) is 12.5. The van der Waals surface area contributed by atoms with E-state index in [1.807, 2.05) is 0 Å². The number of aromatic nitrogens is 1. The molecule has 2 amide bonds. The van der Waals surface area contributed by atoms with Crippen molar-refractivity contribution >= 4 is 51.6 Å². The lowest BCUT2D eigenvalue weighted by Crippen LogP contribution is -2.70. The third-order valence-corrected chi connectivity index (χ3v) is 6.29. The molecule has 4 N–H and O–H groups in total. The van der Waals surface area contributed by atoms with E-state index in [9.17, 15) is 14.4 Å². The molecule has 3 aliphatic rings. The second kappa shape index (κ2) is 6.32. The van der Waals surface area contributed by atoms with E-state index in [2.05, 4.69) is 10.3 Å². The van der Waals surface area contributed by atoms with Crippen LogP contribution in [0.3, 0.4) is 0 Å². The molecule has 4 heterocycles. The fourth-order valence-electron chi connectivity index (χ4n) is 3.05. The Kier molecular flexibility index (Phi) is 4.11. The van der Waals surface area contributed by atoms with Crippen LogP contribution in [0.25, 0.3) is 5.57 Å². The second-order valence-electron chi connectivity index (χ2n) is 5.80. The normalized spacial score (nSPS) is 28.4. The molecule has 1 aromatic rings. The molecule has 0 saturated carbocycles. The minimum absolute atomic E-state index is 0.204. The number of carbonyl (C=O) groups is 3. The van der Waals surface area contributed by atoms with Crippen LogP contribution in [0, 0.1) is 0 Å². The zero-order chi connectivity index (χ0) is 18.4. The van der Waals surface area contributed by atoms with Gasteiger partial charge in [-0.3, -0.25) is 9.59 Å². The summed E-state index contributed by atoms with van der Waals surface area (Å²) in [5, 5.41) is 13.4. The lowest BCUT2D eigenvalue weighted by molar-refractivity contribution is -0.158. The van der Waals surface area contributed by atoms with Gasteiger partial charge in [0.15, 0.2) is 5.13 Å². The maximum atomic E-state index is 12.8. The van der Waals surface area contributed by atoms with Gasteiger partial charge >= 0.3 is 5.97 Å². The van der Waals surface area contributed by atoms with Gasteiger partial charge in [0.1, 0.15) is 35.4 Å². The Morgan fingerprint density at radius 1 is 1.46 bits per heavy atom. The summed E-state index contributed by atoms with van der Waals surface area (Å²) in [5.74, 6) is -1.28. The summed E-state index contributed by atoms with van der Waals surface area (Å²) < 4.78 is 5.45. The van der Waals surface area contributed by atoms with Crippen LogP contribution in [0.15, 0.2) is 23.3 Å². The van der Waals surface area contributed by atoms with Crippen LogP contribution in [-0.4, -0.2) is 62.6 Å². The summed E-state index contributed by atoms with van der Waals surface area (Å²) in [5.41, 5.74) is 6.24. The van der Waals surface area contributed by atoms with Crippen LogP contribution in [0.5, 0.6) is 0 Å². The number of thiazole rings is 1. The maximum absolute atomic E-state index is 12.8. The number of aliphatic carboxylic acids is 1. The molecule has 0 spiro atoms. The molecule has 3 atom stereocenters. The first-order valence-electron chi connectivity index (χ1n) is 7.70. The van der Waals surface area contributed by atoms with Crippen LogP contribution < -0.4 is 11.1 Å². The minimum Gasteiger partial charge on any atom is -0.489 e. The van der Waals surface area contributed by atoms with Gasteiger partial charge in [-0.2, -0.15) is 0 Å². The Balaban J connectivity index is 1.56. The molecule has 3 aliphatic heterocycles. The number of nitrogens with zero attached hydrogens (tertiary/aromatic N) is 2. The van der Waals surface area contributed by atoms with Gasteiger partial charge in [0, 0.05) is 11.1 Å². The van der Waals surface area contributed by atoms with Gasteiger partial charge in [0.2, 0.25) is 5.91 Å². The quantitative estimate of drug-likeness (QED) is 0.475. The monoisotopic (exact) mass is 394 g/mol. The Hall–Kier alpha value is -2.53. The molecule has 9 nitrogen and oxygen atoms in total. The number of ether oxygens (including phenoxy) is 1. The van der Waals surface area contributed by atoms with E-state index >= 15 is 0 Å². The van der Waals surface area contributed by atoms with Crippen LogP contribution >= 0.6 is 23.1 Å². The fourth-order valence-corrected chi connectivity index (χ4v) is 5.08. The maximum Gasteiger partial charge on any atom is 0.327 e. The number of carboxylic acids is 1. The second-order valence-corrected chi connectivity index (χ2v) is 7.84. The number of anilines is 1. The van der Waals surface area contributed by atoms with E-state index in [0.717, 1.165) is 0 Å². The highest BCUT2D eigenvalue weighted by Gasteiger charge is 2.57. The summed E-state index contributed by atoms with van der Waals surface area (Å²) >= 11 is 2.54. The lowest BCUT2D eigenvalue weighted by atomic mass is 10.0. The number of allylic oxidation sites excluding steroid dienone is 1. The number of hydrogen-bond donors (Lipinski definition) is 3. The van der Waals surface area contributed by atoms with Crippen LogP contribution in [0.1, 0.15) is 5.69 Å². The lowest BCUT2D eigenvalue weighted by Gasteiger charge is -2.43. The smallest absolute Gasteiger partial charge is 0.327 e. The van der Waals surface area contributed by atoms with E-state index in [4.69, 9.17) is 15.6 Å². The van der Waals surface area contributed by atoms with E-state index in [1.165, 1.54) is 28.0 Å². The molecular formula is C15H14N4O5S2. The molecule has 2 saturated heterocycles. The van der Waals surface area contributed by atoms with Crippen LogP contribution in [-0.2, 0) is 19.1 Å². The molecule has 0 aromatic carbocycles. The molecule has 2 fully saturated rings. The fraction of sp³-hybridized carbons (Fsp3) is 0.333. The van der Waals surface area contributed by atoms with Gasteiger partial charge in [-0.15, -0.1) is 23.1 Å². The van der Waals surface area contributed by atoms with Crippen molar-refractivity contribution in [2.45, 2.75) is 17.5 Å². The number of fused-ring (bicyclic) bond motifs is 1. The number of β-lactam (4-membered cyclic amide) rings is 1. The molecule has 0 aliphatic carbocycles. The molecule has 136 valence electrons. The third-order valence-electron chi connectivity index (χ3n) is 4.27. The van der Waals surface area contributed by atoms with Crippen molar-refractivity contribution in [3.05, 3.63) is 29.0 Å². The Bertz CT molecular complexity index is 864. The number of carboxylic acid groups (broad SMARTS) is 1. The average molecular weight is 394 g/mol. The van der Waals surface area contributed by atoms with Crippen molar-refractivity contribution in [1.82, 2.24) is 15.2 Å². The van der Waals surface area contributed by atoms with Gasteiger partial charge in [-0.05, 0) is 12.2 Å². The topological polar surface area (TPSA) is 135 Å². The molecule has 26 heavy (non-hydrogen) atoms. The zero-order valence-corrected chi connectivity index (χ0v) is 14.9. The summed E-state index contributed by atoms with van der Waals surface area (Å²) in [7, 11) is 0. The molecule has 11 heteroatoms. The molecule has 2 unspecified atom stereocenters. The van der Waals surface area contributed by atoms with Crippen LogP contribution in [0.4, 0.5) is 5.13 Å². The van der Waals surface area contributed by atoms with Gasteiger partial charge < -0.3 is 25.8 Å². The van der Waals surface area contributed by atoms with E-state index in [0.29, 0.717) is 28.9 Å². The van der Waals surface area contributed by atoms with E-state index in [1.54, 1.807) is 17.5 Å². The van der Waals surface area contributed by atoms with Crippen LogP contribution in [0.2, 0.25) is 0 Å². The Labute approximate surface area is 155 Å². The van der Waals surface area contributed by atoms with Crippen molar-refractivity contribution in [1.29, 1.82) is 0 Å². The highest BCUT2D eigenvalue weighted by atomic mass is 32.2. The number of thioether (sulfide) groups is 1. The standard InChI is InChI=1S/C15H14N4O5S2/c16-15-17-6(4-26-15)9(8-2-1-3-24-8)11(20)18-10-12(21)19-7(14(22)23)5-25-13(10)19/h1-2,4,7,10,13H,3,5H2,(H2,16,17)(H,18,20)(H,22,23)/t7?,10?,13-/m0/s1. The van der Waals surface area contributed by atoms with E-state index < -0.39 is 29.9 Å². The van der Waals surface area contributed by atoms with Gasteiger partial charge in [-0.1, -0.05) is 0 Å². The molecule has 0 radical (unpaired) electrons. The zero-order valence-electron chi connectivity index (χ0n) is 13.2. The number of amides is 2. The summed E-state index contributed by atoms with van der Waals surface area (Å²) in [6.45, 7) is 0.348. The Morgan fingerprint density at radius 3 is 2.88 bits per heavy atom. The largest absolute Gasteiger partial charge is 0.489 e. The van der Waals surface area contributed by atoms with Gasteiger partial charge in [0.05, 0.1) is 5.69 Å². The number of carbonyl (C=O) groups excluding carboxylic acids is 2. The number of nitrogens with one attached hydrogen (secondary N) is 1. The molecular weight excluding hydrogens is 380 g/mol. The van der Waals surface area contributed by atoms with E-state index in [-0.39, 0.29) is 10.9 Å². The highest BCUT2D eigenvalue weighted by Crippen LogP contribution is 2.40. The van der Waals surface area contributed by atoms with Gasteiger partial charge in [0.25, 0.3) is 5.91 Å².